The molecule has 0 amide bonds. The summed E-state index contributed by atoms with van der Waals surface area (Å²) in [5.74, 6) is 0.471. The van der Waals surface area contributed by atoms with Crippen molar-refractivity contribution in [2.75, 3.05) is 13.2 Å². The van der Waals surface area contributed by atoms with Gasteiger partial charge in [-0.05, 0) is 5.56 Å². The first-order chi connectivity index (χ1) is 14.5. The minimum absolute atomic E-state index is 0.0413. The quantitative estimate of drug-likeness (QED) is 0.205. The standard InChI is InChI=1S/C17H21IN6O6/c19-17-20-15-14(22-18-23(15)13-7-11(26)12(8-25)30-13)16(21-17)29-6-5-9-1-3-10(4-2-9)24(27)28/h1-4,11-15,25-26H,5-8H2,(H2,19,20). The molecule has 4 rings (SSSR count). The number of halogens is 1. The van der Waals surface area contributed by atoms with Crippen LogP contribution in [0.1, 0.15) is 12.0 Å². The van der Waals surface area contributed by atoms with Crippen molar-refractivity contribution in [1.29, 1.82) is 0 Å². The molecule has 3 aliphatic heterocycles. The van der Waals surface area contributed by atoms with E-state index in [1.807, 2.05) is 3.11 Å². The highest BCUT2D eigenvalue weighted by atomic mass is 127. The Morgan fingerprint density at radius 3 is 2.83 bits per heavy atom. The summed E-state index contributed by atoms with van der Waals surface area (Å²) in [6, 6.07) is 5.90. The molecule has 1 fully saturated rings. The van der Waals surface area contributed by atoms with E-state index in [1.165, 1.54) is 12.1 Å². The van der Waals surface area contributed by atoms with Gasteiger partial charge in [0.1, 0.15) is 18.5 Å². The van der Waals surface area contributed by atoms with Crippen LogP contribution in [0.5, 0.6) is 0 Å². The molecule has 0 aliphatic carbocycles. The lowest BCUT2D eigenvalue weighted by Gasteiger charge is -2.29. The maximum atomic E-state index is 10.7. The van der Waals surface area contributed by atoms with Crippen LogP contribution in [0, 0.1) is 10.1 Å². The molecule has 0 saturated carbocycles. The predicted octanol–water partition coefficient (Wildman–Crippen LogP) is 0.428. The average Bonchev–Trinajstić information content (AvgIpc) is 3.31. The Balaban J connectivity index is 1.37. The van der Waals surface area contributed by atoms with Crippen LogP contribution in [-0.2, 0) is 15.9 Å². The van der Waals surface area contributed by atoms with Crippen LogP contribution in [0.25, 0.3) is 0 Å². The van der Waals surface area contributed by atoms with E-state index >= 15 is 0 Å². The Morgan fingerprint density at radius 1 is 1.40 bits per heavy atom. The number of hydrogen-bond donors (Lipinski definition) is 3. The van der Waals surface area contributed by atoms with Crippen molar-refractivity contribution in [3.63, 3.8) is 0 Å². The number of ether oxygens (including phenoxy) is 2. The second kappa shape index (κ2) is 8.97. The van der Waals surface area contributed by atoms with Crippen LogP contribution < -0.4 is 5.73 Å². The van der Waals surface area contributed by atoms with Gasteiger partial charge in [-0.3, -0.25) is 10.1 Å². The molecule has 3 heterocycles. The summed E-state index contributed by atoms with van der Waals surface area (Å²) in [5, 5.41) is 30.1. The van der Waals surface area contributed by atoms with Gasteiger partial charge in [-0.25, -0.2) is 8.14 Å². The molecule has 13 heteroatoms. The number of guanidine groups is 1. The number of nitrogens with zero attached hydrogens (tertiary/aromatic N) is 5. The molecule has 0 radical (unpaired) electrons. The molecule has 162 valence electrons. The summed E-state index contributed by atoms with van der Waals surface area (Å²) >= 11 is -0.798. The highest BCUT2D eigenvalue weighted by molar-refractivity contribution is 14.1. The first-order valence-corrected chi connectivity index (χ1v) is 11.2. The Labute approximate surface area is 182 Å². The number of nitrogens with two attached hydrogens (primary N) is 1. The normalized spacial score (nSPS) is 30.9. The van der Waals surface area contributed by atoms with Crippen LogP contribution in [0.2, 0.25) is 0 Å². The van der Waals surface area contributed by atoms with Crippen LogP contribution in [0.4, 0.5) is 5.69 Å². The van der Waals surface area contributed by atoms with Crippen molar-refractivity contribution >= 4 is 38.9 Å². The van der Waals surface area contributed by atoms with Crippen LogP contribution >= 0.6 is 21.3 Å². The molecule has 0 bridgehead atoms. The first kappa shape index (κ1) is 21.2. The Morgan fingerprint density at radius 2 is 2.17 bits per heavy atom. The van der Waals surface area contributed by atoms with Crippen molar-refractivity contribution in [1.82, 2.24) is 3.11 Å². The predicted molar refractivity (Wildman–Crippen MR) is 114 cm³/mol. The molecule has 1 aromatic carbocycles. The molecule has 3 aliphatic rings. The zero-order valence-corrected chi connectivity index (χ0v) is 17.9. The van der Waals surface area contributed by atoms with Gasteiger partial charge in [-0.1, -0.05) is 12.1 Å². The summed E-state index contributed by atoms with van der Waals surface area (Å²) < 4.78 is 18.2. The third-order valence-electron chi connectivity index (χ3n) is 4.96. The first-order valence-electron chi connectivity index (χ1n) is 9.31. The molecule has 0 aromatic heterocycles. The summed E-state index contributed by atoms with van der Waals surface area (Å²) in [6.07, 6.45) is -1.24. The molecule has 30 heavy (non-hydrogen) atoms. The van der Waals surface area contributed by atoms with Crippen molar-refractivity contribution in [3.05, 3.63) is 39.9 Å². The van der Waals surface area contributed by atoms with Crippen LogP contribution in [-0.4, -0.2) is 74.0 Å². The number of nitro benzene ring substituents is 1. The number of nitro groups is 1. The van der Waals surface area contributed by atoms with Gasteiger partial charge in [-0.2, -0.15) is 8.11 Å². The maximum Gasteiger partial charge on any atom is 0.269 e. The van der Waals surface area contributed by atoms with Gasteiger partial charge in [0, 0.05) is 25.0 Å². The van der Waals surface area contributed by atoms with E-state index in [4.69, 9.17) is 15.2 Å². The minimum atomic E-state index is -0.798. The lowest BCUT2D eigenvalue weighted by atomic mass is 10.1. The molecule has 5 atom stereocenters. The zero-order valence-electron chi connectivity index (χ0n) is 15.7. The number of aliphatic hydroxyl groups excluding tert-OH is 2. The molecule has 0 spiro atoms. The van der Waals surface area contributed by atoms with Gasteiger partial charge in [0.15, 0.2) is 6.04 Å². The summed E-state index contributed by atoms with van der Waals surface area (Å²) in [6.45, 7) is 0.0607. The SMILES string of the molecule is NC1=NC2C(N=IN2C2CC(O)C(CO)O2)C(OCCc2ccc([N+](=O)[O-])cc2)=N1. The molecule has 1 aromatic rings. The van der Waals surface area contributed by atoms with Gasteiger partial charge >= 0.3 is 0 Å². The average molecular weight is 532 g/mol. The Bertz CT molecular complexity index is 893. The highest BCUT2D eigenvalue weighted by Gasteiger charge is 2.47. The Hall–Kier alpha value is -2.07. The van der Waals surface area contributed by atoms with E-state index in [-0.39, 0.29) is 24.5 Å². The van der Waals surface area contributed by atoms with Crippen LogP contribution in [0.15, 0.2) is 37.4 Å². The van der Waals surface area contributed by atoms with Gasteiger partial charge < -0.3 is 25.4 Å². The van der Waals surface area contributed by atoms with Gasteiger partial charge in [0.05, 0.1) is 45.5 Å². The largest absolute Gasteiger partial charge is 0.479 e. The minimum Gasteiger partial charge on any atom is -0.479 e. The Kier molecular flexibility index (Phi) is 6.33. The van der Waals surface area contributed by atoms with Crippen molar-refractivity contribution in [2.24, 2.45) is 18.9 Å². The van der Waals surface area contributed by atoms with E-state index in [0.29, 0.717) is 25.3 Å². The van der Waals surface area contributed by atoms with Crippen LogP contribution in [0.3, 0.4) is 0 Å². The lowest BCUT2D eigenvalue weighted by Crippen LogP contribution is -2.46. The van der Waals surface area contributed by atoms with Gasteiger partial charge in [-0.15, -0.1) is 0 Å². The molecular formula is C17H21IN6O6. The third-order valence-corrected chi connectivity index (χ3v) is 7.50. The molecule has 12 nitrogen and oxygen atoms in total. The maximum absolute atomic E-state index is 10.7. The van der Waals surface area contributed by atoms with Gasteiger partial charge in [0.2, 0.25) is 11.9 Å². The smallest absolute Gasteiger partial charge is 0.269 e. The van der Waals surface area contributed by atoms with Crippen molar-refractivity contribution in [2.45, 2.75) is 43.5 Å². The number of aliphatic imine (C=N–C) groups is 2. The van der Waals surface area contributed by atoms with E-state index < -0.39 is 50.6 Å². The zero-order chi connectivity index (χ0) is 21.3. The van der Waals surface area contributed by atoms with E-state index in [1.54, 1.807) is 12.1 Å². The fourth-order valence-corrected chi connectivity index (χ4v) is 5.79. The second-order valence-electron chi connectivity index (χ2n) is 6.95. The fraction of sp³-hybridized carbons (Fsp3) is 0.529. The number of hydrogen-bond acceptors (Lipinski definition) is 11. The summed E-state index contributed by atoms with van der Waals surface area (Å²) in [4.78, 5) is 18.9. The second-order valence-corrected chi connectivity index (χ2v) is 9.05. The molecule has 4 N–H and O–H groups in total. The van der Waals surface area contributed by atoms with E-state index in [9.17, 15) is 20.3 Å². The topological polar surface area (TPSA) is 168 Å². The summed E-state index contributed by atoms with van der Waals surface area (Å²) in [7, 11) is 0. The van der Waals surface area contributed by atoms with E-state index in [0.717, 1.165) is 5.56 Å². The molecule has 5 unspecified atom stereocenters. The molecule has 1 saturated heterocycles. The molecular weight excluding hydrogens is 511 g/mol. The number of fused-ring (bicyclic) bond motifs is 1. The number of rotatable bonds is 6. The van der Waals surface area contributed by atoms with Crippen molar-refractivity contribution in [3.8, 4) is 0 Å². The summed E-state index contributed by atoms with van der Waals surface area (Å²) in [5.41, 5.74) is 6.82. The number of aliphatic hydroxyl groups is 2. The lowest BCUT2D eigenvalue weighted by molar-refractivity contribution is -0.384. The number of benzene rings is 1. The monoisotopic (exact) mass is 532 g/mol. The fourth-order valence-electron chi connectivity index (χ4n) is 3.39. The number of non-ortho nitro benzene ring substituents is 1. The van der Waals surface area contributed by atoms with Gasteiger partial charge in [0.25, 0.3) is 5.69 Å². The van der Waals surface area contributed by atoms with E-state index in [2.05, 4.69) is 13.1 Å². The third kappa shape index (κ3) is 4.34. The van der Waals surface area contributed by atoms with Crippen molar-refractivity contribution < 1.29 is 24.6 Å². The highest BCUT2D eigenvalue weighted by Crippen LogP contribution is 2.39.